The number of ether oxygens (including phenoxy) is 1. The molecular formula is C15H19N3O. The van der Waals surface area contributed by atoms with Gasteiger partial charge >= 0.3 is 0 Å². The third kappa shape index (κ3) is 2.02. The molecule has 0 atom stereocenters. The highest BCUT2D eigenvalue weighted by atomic mass is 16.5. The molecular weight excluding hydrogens is 238 g/mol. The van der Waals surface area contributed by atoms with Crippen LogP contribution >= 0.6 is 0 Å². The number of aromatic amines is 1. The molecule has 1 aromatic heterocycles. The number of methoxy groups -OCH3 is 1. The Bertz CT molecular complexity index is 626. The third-order valence-electron chi connectivity index (χ3n) is 3.87. The molecule has 0 aliphatic heterocycles. The van der Waals surface area contributed by atoms with Gasteiger partial charge in [-0.1, -0.05) is 0 Å². The molecule has 3 N–H and O–H groups in total. The minimum atomic E-state index is -0.215. The van der Waals surface area contributed by atoms with Crippen molar-refractivity contribution in [2.75, 3.05) is 7.11 Å². The van der Waals surface area contributed by atoms with E-state index >= 15 is 0 Å². The number of H-pyrrole nitrogens is 1. The first-order valence-corrected chi connectivity index (χ1v) is 6.53. The molecule has 0 radical (unpaired) electrons. The summed E-state index contributed by atoms with van der Waals surface area (Å²) >= 11 is 0. The van der Waals surface area contributed by atoms with Gasteiger partial charge in [0.25, 0.3) is 0 Å². The van der Waals surface area contributed by atoms with Crippen LogP contribution in [-0.2, 0) is 5.54 Å². The van der Waals surface area contributed by atoms with E-state index in [-0.39, 0.29) is 5.54 Å². The number of nitrogens with one attached hydrogen (secondary N) is 1. The first kappa shape index (κ1) is 12.2. The molecule has 3 rings (SSSR count). The Balaban J connectivity index is 2.02. The fourth-order valence-electron chi connectivity index (χ4n) is 2.38. The summed E-state index contributed by atoms with van der Waals surface area (Å²) in [5.41, 5.74) is 10.4. The molecule has 100 valence electrons. The summed E-state index contributed by atoms with van der Waals surface area (Å²) in [6.45, 7) is 4.12. The van der Waals surface area contributed by atoms with Gasteiger partial charge in [0.2, 0.25) is 0 Å². The Labute approximate surface area is 113 Å². The minimum Gasteiger partial charge on any atom is -0.496 e. The maximum absolute atomic E-state index is 6.16. The van der Waals surface area contributed by atoms with Crippen LogP contribution in [0, 0.1) is 13.8 Å². The normalized spacial score (nSPS) is 16.4. The van der Waals surface area contributed by atoms with Gasteiger partial charge in [-0.15, -0.1) is 0 Å². The van der Waals surface area contributed by atoms with Crippen molar-refractivity contribution in [1.29, 1.82) is 0 Å². The van der Waals surface area contributed by atoms with Crippen molar-refractivity contribution in [2.24, 2.45) is 5.73 Å². The Hall–Kier alpha value is -1.81. The van der Waals surface area contributed by atoms with Crippen LogP contribution in [0.4, 0.5) is 0 Å². The zero-order valence-electron chi connectivity index (χ0n) is 11.6. The lowest BCUT2D eigenvalue weighted by Crippen LogP contribution is -2.20. The SMILES string of the molecule is COc1cc(C)c(-c2cnc(C3(N)CC3)[nH]2)cc1C. The first-order chi connectivity index (χ1) is 9.03. The lowest BCUT2D eigenvalue weighted by Gasteiger charge is -2.10. The van der Waals surface area contributed by atoms with Crippen molar-refractivity contribution in [1.82, 2.24) is 9.97 Å². The van der Waals surface area contributed by atoms with Crippen LogP contribution in [0.25, 0.3) is 11.3 Å². The van der Waals surface area contributed by atoms with Gasteiger partial charge in [-0.3, -0.25) is 0 Å². The summed E-state index contributed by atoms with van der Waals surface area (Å²) < 4.78 is 5.34. The molecule has 0 bridgehead atoms. The van der Waals surface area contributed by atoms with E-state index in [0.29, 0.717) is 0 Å². The Morgan fingerprint density at radius 3 is 2.63 bits per heavy atom. The monoisotopic (exact) mass is 257 g/mol. The topological polar surface area (TPSA) is 63.9 Å². The maximum Gasteiger partial charge on any atom is 0.126 e. The molecule has 0 spiro atoms. The van der Waals surface area contributed by atoms with Crippen molar-refractivity contribution in [2.45, 2.75) is 32.2 Å². The second-order valence-corrected chi connectivity index (χ2v) is 5.44. The minimum absolute atomic E-state index is 0.215. The summed E-state index contributed by atoms with van der Waals surface area (Å²) in [4.78, 5) is 7.79. The van der Waals surface area contributed by atoms with E-state index in [1.54, 1.807) is 7.11 Å². The summed E-state index contributed by atoms with van der Waals surface area (Å²) in [5, 5.41) is 0. The van der Waals surface area contributed by atoms with E-state index in [1.807, 2.05) is 13.1 Å². The standard InChI is InChI=1S/C15H19N3O/c1-9-7-13(19-3)10(2)6-11(9)12-8-17-14(18-12)15(16)4-5-15/h6-8H,4-5,16H2,1-3H3,(H,17,18). The Morgan fingerprint density at radius 1 is 1.26 bits per heavy atom. The van der Waals surface area contributed by atoms with Gasteiger partial charge in [0.1, 0.15) is 11.6 Å². The van der Waals surface area contributed by atoms with Gasteiger partial charge in [0, 0.05) is 5.56 Å². The van der Waals surface area contributed by atoms with Crippen molar-refractivity contribution in [3.8, 4) is 17.0 Å². The molecule has 1 saturated carbocycles. The largest absolute Gasteiger partial charge is 0.496 e. The number of nitrogens with two attached hydrogens (primary N) is 1. The molecule has 1 aliphatic carbocycles. The van der Waals surface area contributed by atoms with Gasteiger partial charge in [0.05, 0.1) is 24.5 Å². The van der Waals surface area contributed by atoms with Crippen LogP contribution in [0.15, 0.2) is 18.3 Å². The second kappa shape index (κ2) is 4.10. The molecule has 2 aromatic rings. The van der Waals surface area contributed by atoms with E-state index < -0.39 is 0 Å². The Kier molecular flexibility index (Phi) is 2.64. The molecule has 1 fully saturated rings. The zero-order valence-corrected chi connectivity index (χ0v) is 11.6. The van der Waals surface area contributed by atoms with Crippen molar-refractivity contribution in [3.05, 3.63) is 35.3 Å². The van der Waals surface area contributed by atoms with Gasteiger partial charge in [-0.25, -0.2) is 4.98 Å². The number of hydrogen-bond donors (Lipinski definition) is 2. The van der Waals surface area contributed by atoms with Gasteiger partial charge in [-0.2, -0.15) is 0 Å². The van der Waals surface area contributed by atoms with E-state index in [1.165, 1.54) is 5.56 Å². The zero-order chi connectivity index (χ0) is 13.6. The van der Waals surface area contributed by atoms with Gasteiger partial charge in [-0.05, 0) is 49.9 Å². The van der Waals surface area contributed by atoms with E-state index in [0.717, 1.165) is 41.2 Å². The predicted octanol–water partition coefficient (Wildman–Crippen LogP) is 2.65. The predicted molar refractivity (Wildman–Crippen MR) is 75.1 cm³/mol. The lowest BCUT2D eigenvalue weighted by atomic mass is 10.0. The highest BCUT2D eigenvalue weighted by molar-refractivity contribution is 5.66. The fourth-order valence-corrected chi connectivity index (χ4v) is 2.38. The number of aromatic nitrogens is 2. The van der Waals surface area contributed by atoms with E-state index in [4.69, 9.17) is 10.5 Å². The van der Waals surface area contributed by atoms with E-state index in [2.05, 4.69) is 29.0 Å². The van der Waals surface area contributed by atoms with Crippen LogP contribution in [0.1, 0.15) is 29.8 Å². The summed E-state index contributed by atoms with van der Waals surface area (Å²) in [5.74, 6) is 1.81. The number of aryl methyl sites for hydroxylation is 2. The van der Waals surface area contributed by atoms with Crippen molar-refractivity contribution >= 4 is 0 Å². The summed E-state index contributed by atoms with van der Waals surface area (Å²) in [6, 6.07) is 4.18. The third-order valence-corrected chi connectivity index (χ3v) is 3.87. The van der Waals surface area contributed by atoms with Crippen molar-refractivity contribution in [3.63, 3.8) is 0 Å². The first-order valence-electron chi connectivity index (χ1n) is 6.53. The quantitative estimate of drug-likeness (QED) is 0.888. The highest BCUT2D eigenvalue weighted by Gasteiger charge is 2.42. The maximum atomic E-state index is 6.16. The smallest absolute Gasteiger partial charge is 0.126 e. The molecule has 4 heteroatoms. The molecule has 1 aromatic carbocycles. The van der Waals surface area contributed by atoms with E-state index in [9.17, 15) is 0 Å². The molecule has 0 unspecified atom stereocenters. The number of imidazole rings is 1. The number of nitrogens with zero attached hydrogens (tertiary/aromatic N) is 1. The Morgan fingerprint density at radius 2 is 2.00 bits per heavy atom. The summed E-state index contributed by atoms with van der Waals surface area (Å²) in [6.07, 6.45) is 3.90. The molecule has 19 heavy (non-hydrogen) atoms. The average molecular weight is 257 g/mol. The molecule has 4 nitrogen and oxygen atoms in total. The number of benzene rings is 1. The van der Waals surface area contributed by atoms with Gasteiger partial charge in [0.15, 0.2) is 0 Å². The van der Waals surface area contributed by atoms with Gasteiger partial charge < -0.3 is 15.5 Å². The number of hydrogen-bond acceptors (Lipinski definition) is 3. The van der Waals surface area contributed by atoms with Crippen LogP contribution < -0.4 is 10.5 Å². The molecule has 1 aliphatic rings. The molecule has 1 heterocycles. The molecule has 0 amide bonds. The second-order valence-electron chi connectivity index (χ2n) is 5.44. The summed E-state index contributed by atoms with van der Waals surface area (Å²) in [7, 11) is 1.70. The number of rotatable bonds is 3. The van der Waals surface area contributed by atoms with Crippen LogP contribution in [-0.4, -0.2) is 17.1 Å². The fraction of sp³-hybridized carbons (Fsp3) is 0.400. The average Bonchev–Trinajstić information content (AvgIpc) is 2.94. The highest BCUT2D eigenvalue weighted by Crippen LogP contribution is 2.41. The van der Waals surface area contributed by atoms with Crippen molar-refractivity contribution < 1.29 is 4.74 Å². The van der Waals surface area contributed by atoms with Crippen LogP contribution in [0.3, 0.4) is 0 Å². The van der Waals surface area contributed by atoms with Crippen LogP contribution in [0.2, 0.25) is 0 Å². The lowest BCUT2D eigenvalue weighted by molar-refractivity contribution is 0.411. The van der Waals surface area contributed by atoms with Crippen LogP contribution in [0.5, 0.6) is 5.75 Å². The molecule has 0 saturated heterocycles.